The molecule has 2 fully saturated rings. The predicted molar refractivity (Wildman–Crippen MR) is 98.1 cm³/mol. The number of carbonyl (C=O) groups is 2. The van der Waals surface area contributed by atoms with Gasteiger partial charge in [0.1, 0.15) is 0 Å². The fourth-order valence-corrected chi connectivity index (χ4v) is 3.64. The van der Waals surface area contributed by atoms with E-state index >= 15 is 0 Å². The van der Waals surface area contributed by atoms with Crippen LogP contribution < -0.4 is 5.32 Å². The second-order valence-electron chi connectivity index (χ2n) is 7.46. The highest BCUT2D eigenvalue weighted by atomic mass is 16.5. The summed E-state index contributed by atoms with van der Waals surface area (Å²) in [6.07, 6.45) is 3.10. The van der Waals surface area contributed by atoms with Crippen LogP contribution >= 0.6 is 0 Å². The summed E-state index contributed by atoms with van der Waals surface area (Å²) in [5.74, 6) is -0.646. The number of aliphatic carboxylic acids is 1. The van der Waals surface area contributed by atoms with E-state index in [4.69, 9.17) is 4.52 Å². The van der Waals surface area contributed by atoms with E-state index in [-0.39, 0.29) is 5.69 Å². The molecule has 2 aromatic rings. The highest BCUT2D eigenvalue weighted by Crippen LogP contribution is 2.31. The van der Waals surface area contributed by atoms with E-state index in [9.17, 15) is 14.7 Å². The zero-order valence-corrected chi connectivity index (χ0v) is 15.0. The fourth-order valence-electron chi connectivity index (χ4n) is 3.64. The van der Waals surface area contributed by atoms with Crippen molar-refractivity contribution in [3.05, 3.63) is 42.1 Å². The van der Waals surface area contributed by atoms with Crippen LogP contribution in [0.2, 0.25) is 0 Å². The molecule has 7 nitrogen and oxygen atoms in total. The third-order valence-electron chi connectivity index (χ3n) is 5.35. The maximum Gasteiger partial charge on any atom is 0.309 e. The molecule has 1 aromatic heterocycles. The number of nitrogens with zero attached hydrogens (tertiary/aromatic N) is 2. The first-order valence-corrected chi connectivity index (χ1v) is 9.38. The molecule has 0 unspecified atom stereocenters. The molecule has 1 saturated carbocycles. The van der Waals surface area contributed by atoms with Crippen molar-refractivity contribution >= 4 is 11.9 Å². The molecule has 1 aliphatic heterocycles. The van der Waals surface area contributed by atoms with Crippen molar-refractivity contribution < 1.29 is 19.2 Å². The maximum atomic E-state index is 12.6. The Kier molecular flexibility index (Phi) is 4.94. The number of aromatic nitrogens is 1. The van der Waals surface area contributed by atoms with Crippen molar-refractivity contribution in [2.75, 3.05) is 19.6 Å². The van der Waals surface area contributed by atoms with Crippen LogP contribution in [0.5, 0.6) is 0 Å². The van der Waals surface area contributed by atoms with Gasteiger partial charge in [-0.3, -0.25) is 9.59 Å². The molecule has 27 heavy (non-hydrogen) atoms. The summed E-state index contributed by atoms with van der Waals surface area (Å²) in [6, 6.07) is 10.6. The highest BCUT2D eigenvalue weighted by molar-refractivity contribution is 5.93. The Hall–Kier alpha value is -2.67. The van der Waals surface area contributed by atoms with E-state index in [0.717, 1.165) is 24.6 Å². The molecule has 7 heteroatoms. The third-order valence-corrected chi connectivity index (χ3v) is 5.35. The summed E-state index contributed by atoms with van der Waals surface area (Å²) < 4.78 is 5.27. The Labute approximate surface area is 157 Å². The van der Waals surface area contributed by atoms with Crippen LogP contribution in [0, 0.1) is 11.8 Å². The van der Waals surface area contributed by atoms with Gasteiger partial charge in [-0.05, 0) is 25.2 Å². The van der Waals surface area contributed by atoms with E-state index in [1.165, 1.54) is 12.8 Å². The minimum atomic E-state index is -0.870. The van der Waals surface area contributed by atoms with Crippen LogP contribution in [-0.4, -0.2) is 52.7 Å². The molecule has 4 rings (SSSR count). The average Bonchev–Trinajstić information content (AvgIpc) is 3.34. The molecular weight excluding hydrogens is 346 g/mol. The molecule has 1 aromatic carbocycles. The first kappa shape index (κ1) is 17.7. The quantitative estimate of drug-likeness (QED) is 0.811. The minimum absolute atomic E-state index is 0.165. The summed E-state index contributed by atoms with van der Waals surface area (Å²) >= 11 is 0. The van der Waals surface area contributed by atoms with Crippen LogP contribution in [0.3, 0.4) is 0 Å². The molecule has 2 N–H and O–H groups in total. The van der Waals surface area contributed by atoms with Gasteiger partial charge >= 0.3 is 5.97 Å². The normalized spacial score (nSPS) is 23.1. The second-order valence-corrected chi connectivity index (χ2v) is 7.46. The Balaban J connectivity index is 1.41. The number of rotatable bonds is 6. The molecule has 142 valence electrons. The van der Waals surface area contributed by atoms with Gasteiger partial charge in [-0.25, -0.2) is 0 Å². The predicted octanol–water partition coefficient (Wildman–Crippen LogP) is 2.26. The molecule has 2 heterocycles. The van der Waals surface area contributed by atoms with Gasteiger partial charge in [-0.1, -0.05) is 35.5 Å². The fraction of sp³-hybridized carbons (Fsp3) is 0.450. The molecule has 2 atom stereocenters. The summed E-state index contributed by atoms with van der Waals surface area (Å²) in [7, 11) is 0. The van der Waals surface area contributed by atoms with Crippen molar-refractivity contribution in [2.24, 2.45) is 11.8 Å². The Morgan fingerprint density at radius 3 is 2.70 bits per heavy atom. The standard InChI is InChI=1S/C20H23N3O4/c24-19(17-10-18(27-22-17)14-4-2-1-3-5-14)21-16-8-9-23(11-13-6-7-13)12-15(16)20(25)26/h1-5,10,13,15-16H,6-9,11-12H2,(H,21,24)(H,25,26)/t15-,16-/m0/s1. The van der Waals surface area contributed by atoms with Crippen LogP contribution in [0.15, 0.2) is 40.9 Å². The Bertz CT molecular complexity index is 816. The van der Waals surface area contributed by atoms with Crippen molar-refractivity contribution in [1.82, 2.24) is 15.4 Å². The monoisotopic (exact) mass is 369 g/mol. The van der Waals surface area contributed by atoms with Crippen molar-refractivity contribution in [3.8, 4) is 11.3 Å². The number of hydrogen-bond donors (Lipinski definition) is 2. The van der Waals surface area contributed by atoms with E-state index in [0.29, 0.717) is 18.7 Å². The van der Waals surface area contributed by atoms with E-state index < -0.39 is 23.8 Å². The lowest BCUT2D eigenvalue weighted by molar-refractivity contribution is -0.144. The Morgan fingerprint density at radius 2 is 2.00 bits per heavy atom. The van der Waals surface area contributed by atoms with E-state index in [2.05, 4.69) is 15.4 Å². The number of benzene rings is 1. The first-order chi connectivity index (χ1) is 13.1. The Morgan fingerprint density at radius 1 is 1.22 bits per heavy atom. The topological polar surface area (TPSA) is 95.7 Å². The van der Waals surface area contributed by atoms with Gasteiger partial charge in [0, 0.05) is 37.3 Å². The van der Waals surface area contributed by atoms with Gasteiger partial charge in [0.2, 0.25) is 0 Å². The van der Waals surface area contributed by atoms with Crippen LogP contribution in [0.25, 0.3) is 11.3 Å². The summed E-state index contributed by atoms with van der Waals surface area (Å²) in [6.45, 7) is 2.25. The van der Waals surface area contributed by atoms with Crippen molar-refractivity contribution in [1.29, 1.82) is 0 Å². The maximum absolute atomic E-state index is 12.6. The lowest BCUT2D eigenvalue weighted by atomic mass is 9.91. The summed E-state index contributed by atoms with van der Waals surface area (Å²) in [4.78, 5) is 26.5. The summed E-state index contributed by atoms with van der Waals surface area (Å²) in [5, 5.41) is 16.3. The largest absolute Gasteiger partial charge is 0.481 e. The number of likely N-dealkylation sites (tertiary alicyclic amines) is 1. The molecule has 1 amide bonds. The SMILES string of the molecule is O=C(N[C@H]1CCN(CC2CC2)C[C@@H]1C(=O)O)c1cc(-c2ccccc2)on1. The minimum Gasteiger partial charge on any atom is -0.481 e. The molecule has 1 aliphatic carbocycles. The zero-order valence-electron chi connectivity index (χ0n) is 15.0. The van der Waals surface area contributed by atoms with Crippen molar-refractivity contribution in [3.63, 3.8) is 0 Å². The molecule has 0 spiro atoms. The number of piperidine rings is 1. The lowest BCUT2D eigenvalue weighted by Crippen LogP contribution is -2.53. The van der Waals surface area contributed by atoms with Crippen LogP contribution in [0.1, 0.15) is 29.8 Å². The molecule has 1 saturated heterocycles. The van der Waals surface area contributed by atoms with Gasteiger partial charge in [-0.15, -0.1) is 0 Å². The number of hydrogen-bond acceptors (Lipinski definition) is 5. The molecule has 0 bridgehead atoms. The van der Waals surface area contributed by atoms with Gasteiger partial charge in [0.15, 0.2) is 11.5 Å². The van der Waals surface area contributed by atoms with Crippen LogP contribution in [-0.2, 0) is 4.79 Å². The summed E-state index contributed by atoms with van der Waals surface area (Å²) in [5.41, 5.74) is 0.999. The highest BCUT2D eigenvalue weighted by Gasteiger charge is 2.37. The number of amides is 1. The third kappa shape index (κ3) is 4.19. The van der Waals surface area contributed by atoms with Gasteiger partial charge < -0.3 is 19.8 Å². The zero-order chi connectivity index (χ0) is 18.8. The van der Waals surface area contributed by atoms with Crippen molar-refractivity contribution in [2.45, 2.75) is 25.3 Å². The second kappa shape index (κ2) is 7.52. The van der Waals surface area contributed by atoms with Crippen LogP contribution in [0.4, 0.5) is 0 Å². The molecule has 2 aliphatic rings. The number of carbonyl (C=O) groups excluding carboxylic acids is 1. The lowest BCUT2D eigenvalue weighted by Gasteiger charge is -2.36. The molecular formula is C20H23N3O4. The number of carboxylic acids is 1. The van der Waals surface area contributed by atoms with Gasteiger partial charge in [-0.2, -0.15) is 0 Å². The van der Waals surface area contributed by atoms with Gasteiger partial charge in [0.25, 0.3) is 5.91 Å². The molecule has 0 radical (unpaired) electrons. The average molecular weight is 369 g/mol. The first-order valence-electron chi connectivity index (χ1n) is 9.38. The van der Waals surface area contributed by atoms with Gasteiger partial charge in [0.05, 0.1) is 5.92 Å². The number of carboxylic acid groups (broad SMARTS) is 1. The number of nitrogens with one attached hydrogen (secondary N) is 1. The smallest absolute Gasteiger partial charge is 0.309 e. The van der Waals surface area contributed by atoms with E-state index in [1.807, 2.05) is 30.3 Å². The van der Waals surface area contributed by atoms with E-state index in [1.54, 1.807) is 6.07 Å².